The Morgan fingerprint density at radius 2 is 1.87 bits per heavy atom. The Bertz CT molecular complexity index is 1040. The normalized spacial score (nSPS) is 29.5. The van der Waals surface area contributed by atoms with Crippen LogP contribution < -0.4 is 5.32 Å². The van der Waals surface area contributed by atoms with Crippen LogP contribution >= 0.6 is 0 Å². The molecular formula is C20H17F6N3O2. The zero-order chi connectivity index (χ0) is 22.2. The van der Waals surface area contributed by atoms with Crippen LogP contribution in [0.5, 0.6) is 0 Å². The lowest BCUT2D eigenvalue weighted by atomic mass is 9.34. The second-order valence-electron chi connectivity index (χ2n) is 8.76. The summed E-state index contributed by atoms with van der Waals surface area (Å²) in [4.78, 5) is 20.3. The number of amides is 1. The quantitative estimate of drug-likeness (QED) is 0.677. The van der Waals surface area contributed by atoms with Crippen molar-refractivity contribution in [3.05, 3.63) is 35.5 Å². The summed E-state index contributed by atoms with van der Waals surface area (Å²) in [5.74, 6) is -0.101. The number of alkyl halides is 6. The molecule has 11 heteroatoms. The summed E-state index contributed by atoms with van der Waals surface area (Å²) in [7, 11) is 0. The van der Waals surface area contributed by atoms with Gasteiger partial charge in [0.2, 0.25) is 11.8 Å². The van der Waals surface area contributed by atoms with Gasteiger partial charge in [0, 0.05) is 11.8 Å². The van der Waals surface area contributed by atoms with E-state index in [4.69, 9.17) is 4.42 Å². The average molecular weight is 445 g/mol. The molecule has 1 amide bonds. The van der Waals surface area contributed by atoms with Crippen LogP contribution in [0.2, 0.25) is 0 Å². The van der Waals surface area contributed by atoms with E-state index in [0.29, 0.717) is 30.7 Å². The van der Waals surface area contributed by atoms with E-state index in [1.165, 1.54) is 6.07 Å². The van der Waals surface area contributed by atoms with Gasteiger partial charge in [0.25, 0.3) is 0 Å². The third-order valence-electron chi connectivity index (χ3n) is 6.67. The number of nitrogens with one attached hydrogen (secondary N) is 1. The molecule has 5 nitrogen and oxygen atoms in total. The van der Waals surface area contributed by atoms with Crippen LogP contribution in [0.25, 0.3) is 11.5 Å². The number of nitrogens with zero attached hydrogens (tertiary/aromatic N) is 2. The SMILES string of the molecule is O=C(N[C@H]1CCCc2nc(-c3ccnc(C(F)(F)F)c3)oc21)C12CC(C(F)(F)F)(C1)C2. The molecule has 2 bridgehead atoms. The second kappa shape index (κ2) is 6.23. The zero-order valence-electron chi connectivity index (χ0n) is 16.0. The molecule has 4 aliphatic carbocycles. The van der Waals surface area contributed by atoms with E-state index >= 15 is 0 Å². The Kier molecular flexibility index (Phi) is 4.08. The van der Waals surface area contributed by atoms with E-state index in [1.54, 1.807) is 0 Å². The molecule has 6 rings (SSSR count). The molecule has 0 aromatic carbocycles. The predicted molar refractivity (Wildman–Crippen MR) is 93.3 cm³/mol. The molecular weight excluding hydrogens is 428 g/mol. The fourth-order valence-electron chi connectivity index (χ4n) is 5.04. The number of fused-ring (bicyclic) bond motifs is 1. The number of aromatic nitrogens is 2. The molecule has 0 radical (unpaired) electrons. The number of carbonyl (C=O) groups excluding carboxylic acids is 1. The highest BCUT2D eigenvalue weighted by Crippen LogP contribution is 2.78. The maximum atomic E-state index is 13.0. The van der Waals surface area contributed by atoms with Crippen molar-refractivity contribution in [2.24, 2.45) is 10.8 Å². The van der Waals surface area contributed by atoms with E-state index in [0.717, 1.165) is 12.3 Å². The van der Waals surface area contributed by atoms with Gasteiger partial charge in [-0.05, 0) is 50.7 Å². The molecule has 1 atom stereocenters. The third kappa shape index (κ3) is 3.03. The molecule has 4 aliphatic rings. The first-order valence-corrected chi connectivity index (χ1v) is 9.84. The van der Waals surface area contributed by atoms with Crippen molar-refractivity contribution >= 4 is 5.91 Å². The number of carbonyl (C=O) groups is 1. The molecule has 166 valence electrons. The smallest absolute Gasteiger partial charge is 0.433 e. The number of halogens is 6. The van der Waals surface area contributed by atoms with Crippen molar-refractivity contribution in [1.29, 1.82) is 0 Å². The van der Waals surface area contributed by atoms with Gasteiger partial charge >= 0.3 is 12.4 Å². The monoisotopic (exact) mass is 445 g/mol. The van der Waals surface area contributed by atoms with Crippen molar-refractivity contribution in [2.45, 2.75) is 56.9 Å². The fraction of sp³-hybridized carbons (Fsp3) is 0.550. The van der Waals surface area contributed by atoms with Crippen molar-refractivity contribution in [3.63, 3.8) is 0 Å². The number of aryl methyl sites for hydroxylation is 1. The minimum Gasteiger partial charge on any atom is -0.439 e. The molecule has 0 unspecified atom stereocenters. The lowest BCUT2D eigenvalue weighted by molar-refractivity contribution is -0.351. The summed E-state index contributed by atoms with van der Waals surface area (Å²) >= 11 is 0. The van der Waals surface area contributed by atoms with Crippen molar-refractivity contribution in [1.82, 2.24) is 15.3 Å². The molecule has 0 spiro atoms. The Hall–Kier alpha value is -2.59. The Labute approximate surface area is 172 Å². The first-order chi connectivity index (χ1) is 14.4. The molecule has 0 saturated heterocycles. The summed E-state index contributed by atoms with van der Waals surface area (Å²) in [6, 6.07) is 1.61. The zero-order valence-corrected chi connectivity index (χ0v) is 16.0. The van der Waals surface area contributed by atoms with E-state index in [2.05, 4.69) is 15.3 Å². The maximum absolute atomic E-state index is 13.0. The van der Waals surface area contributed by atoms with Crippen LogP contribution in [0.3, 0.4) is 0 Å². The van der Waals surface area contributed by atoms with Gasteiger partial charge in [-0.25, -0.2) is 4.98 Å². The van der Waals surface area contributed by atoms with E-state index in [1.807, 2.05) is 0 Å². The Morgan fingerprint density at radius 1 is 1.16 bits per heavy atom. The molecule has 0 aliphatic heterocycles. The first-order valence-electron chi connectivity index (χ1n) is 9.84. The second-order valence-corrected chi connectivity index (χ2v) is 8.76. The number of rotatable bonds is 3. The minimum absolute atomic E-state index is 0.0133. The lowest BCUT2D eigenvalue weighted by Crippen LogP contribution is -2.72. The van der Waals surface area contributed by atoms with Gasteiger partial charge in [-0.1, -0.05) is 0 Å². The van der Waals surface area contributed by atoms with E-state index in [9.17, 15) is 31.1 Å². The van der Waals surface area contributed by atoms with Gasteiger partial charge in [0.1, 0.15) is 11.5 Å². The minimum atomic E-state index is -4.62. The van der Waals surface area contributed by atoms with Gasteiger partial charge in [-0.15, -0.1) is 0 Å². The summed E-state index contributed by atoms with van der Waals surface area (Å²) in [6.07, 6.45) is -6.80. The number of oxazole rings is 1. The summed E-state index contributed by atoms with van der Waals surface area (Å²) in [5, 5.41) is 2.79. The molecule has 2 aromatic heterocycles. The van der Waals surface area contributed by atoms with Gasteiger partial charge < -0.3 is 9.73 Å². The third-order valence-corrected chi connectivity index (χ3v) is 6.67. The van der Waals surface area contributed by atoms with Gasteiger partial charge in [0.15, 0.2) is 0 Å². The lowest BCUT2D eigenvalue weighted by Gasteiger charge is -2.69. The molecule has 2 heterocycles. The van der Waals surface area contributed by atoms with Crippen LogP contribution in [0.1, 0.15) is 55.3 Å². The highest BCUT2D eigenvalue weighted by atomic mass is 19.4. The summed E-state index contributed by atoms with van der Waals surface area (Å²) < 4.78 is 83.7. The maximum Gasteiger partial charge on any atom is 0.433 e. The Balaban J connectivity index is 1.34. The largest absolute Gasteiger partial charge is 0.439 e. The summed E-state index contributed by atoms with van der Waals surface area (Å²) in [6.45, 7) is 0. The standard InChI is InChI=1S/C20H17F6N3O2/c21-19(22,23)13-6-10(4-5-27-13)15-28-11-2-1-3-12(14(11)31-15)29-16(30)17-7-18(8-17,9-17)20(24,25)26/h4-6,12H,1-3,7-9H2,(H,29,30)/t12-,17?,18?/m0/s1. The predicted octanol–water partition coefficient (Wildman–Crippen LogP) is 4.98. The van der Waals surface area contributed by atoms with Crippen molar-refractivity contribution < 1.29 is 35.6 Å². The van der Waals surface area contributed by atoms with Crippen LogP contribution in [0.15, 0.2) is 22.7 Å². The topological polar surface area (TPSA) is 68.0 Å². The van der Waals surface area contributed by atoms with Crippen molar-refractivity contribution in [2.75, 3.05) is 0 Å². The number of hydrogen-bond acceptors (Lipinski definition) is 4. The fourth-order valence-corrected chi connectivity index (χ4v) is 5.04. The van der Waals surface area contributed by atoms with Crippen LogP contribution in [0, 0.1) is 10.8 Å². The molecule has 3 fully saturated rings. The van der Waals surface area contributed by atoms with Crippen LogP contribution in [0.4, 0.5) is 26.3 Å². The molecule has 2 aromatic rings. The van der Waals surface area contributed by atoms with Gasteiger partial charge in [-0.3, -0.25) is 9.78 Å². The number of pyridine rings is 1. The van der Waals surface area contributed by atoms with Crippen molar-refractivity contribution in [3.8, 4) is 11.5 Å². The highest BCUT2D eigenvalue weighted by Gasteiger charge is 2.81. The van der Waals surface area contributed by atoms with Crippen LogP contribution in [-0.2, 0) is 17.4 Å². The van der Waals surface area contributed by atoms with Crippen LogP contribution in [-0.4, -0.2) is 22.1 Å². The average Bonchev–Trinajstić information content (AvgIpc) is 3.03. The molecule has 3 saturated carbocycles. The summed E-state index contributed by atoms with van der Waals surface area (Å²) in [5.41, 5.74) is -3.15. The van der Waals surface area contributed by atoms with Gasteiger partial charge in [0.05, 0.1) is 22.6 Å². The van der Waals surface area contributed by atoms with E-state index < -0.39 is 40.8 Å². The van der Waals surface area contributed by atoms with E-state index in [-0.39, 0.29) is 30.7 Å². The Morgan fingerprint density at radius 3 is 2.52 bits per heavy atom. The first kappa shape index (κ1) is 20.3. The van der Waals surface area contributed by atoms with Gasteiger partial charge in [-0.2, -0.15) is 26.3 Å². The highest BCUT2D eigenvalue weighted by molar-refractivity contribution is 5.87. The number of hydrogen-bond donors (Lipinski definition) is 1. The molecule has 1 N–H and O–H groups in total. The molecule has 31 heavy (non-hydrogen) atoms.